The van der Waals surface area contributed by atoms with Crippen molar-refractivity contribution in [3.8, 4) is 17.2 Å². The van der Waals surface area contributed by atoms with Crippen LogP contribution in [0.5, 0.6) is 17.2 Å². The first-order valence-electron chi connectivity index (χ1n) is 12.3. The Hall–Kier alpha value is -3.28. The van der Waals surface area contributed by atoms with Crippen LogP contribution in [0.3, 0.4) is 0 Å². The van der Waals surface area contributed by atoms with Crippen molar-refractivity contribution in [2.24, 2.45) is 5.92 Å². The molecular formula is C31H33ClO5. The highest BCUT2D eigenvalue weighted by atomic mass is 35.5. The topological polar surface area (TPSA) is 65.0 Å². The molecule has 0 unspecified atom stereocenters. The highest BCUT2D eigenvalue weighted by Gasteiger charge is 2.42. The van der Waals surface area contributed by atoms with Gasteiger partial charge in [0.05, 0.1) is 12.7 Å². The van der Waals surface area contributed by atoms with Gasteiger partial charge in [0.1, 0.15) is 17.2 Å². The highest BCUT2D eigenvalue weighted by molar-refractivity contribution is 6.30. The maximum absolute atomic E-state index is 11.3. The molecule has 1 fully saturated rings. The predicted molar refractivity (Wildman–Crippen MR) is 146 cm³/mol. The summed E-state index contributed by atoms with van der Waals surface area (Å²) in [6, 6.07) is 19.4. The molecule has 5 nitrogen and oxygen atoms in total. The molecule has 4 rings (SSSR count). The number of hydrogen-bond acceptors (Lipinski definition) is 4. The van der Waals surface area contributed by atoms with E-state index in [4.69, 9.17) is 25.8 Å². The molecule has 0 bridgehead atoms. The summed E-state index contributed by atoms with van der Waals surface area (Å²) in [5.41, 5.74) is 4.85. The van der Waals surface area contributed by atoms with Gasteiger partial charge in [-0.15, -0.1) is 0 Å². The van der Waals surface area contributed by atoms with E-state index in [1.54, 1.807) is 12.1 Å². The van der Waals surface area contributed by atoms with Crippen molar-refractivity contribution in [1.82, 2.24) is 0 Å². The molecule has 3 atom stereocenters. The molecule has 1 aliphatic heterocycles. The van der Waals surface area contributed by atoms with Gasteiger partial charge in [0.15, 0.2) is 6.61 Å². The molecule has 1 aliphatic rings. The minimum Gasteiger partial charge on any atom is -0.482 e. The third kappa shape index (κ3) is 6.35. The summed E-state index contributed by atoms with van der Waals surface area (Å²) in [5, 5.41) is 9.92. The van der Waals surface area contributed by atoms with E-state index in [2.05, 4.69) is 19.6 Å². The molecule has 0 aliphatic carbocycles. The lowest BCUT2D eigenvalue weighted by Gasteiger charge is -2.44. The average molecular weight is 521 g/mol. The summed E-state index contributed by atoms with van der Waals surface area (Å²) >= 11 is 6.12. The number of benzene rings is 3. The van der Waals surface area contributed by atoms with Crippen molar-refractivity contribution in [1.29, 1.82) is 0 Å². The molecule has 1 N–H and O–H groups in total. The fourth-order valence-corrected chi connectivity index (χ4v) is 5.17. The zero-order valence-corrected chi connectivity index (χ0v) is 22.5. The van der Waals surface area contributed by atoms with Crippen LogP contribution in [-0.4, -0.2) is 24.3 Å². The predicted octanol–water partition coefficient (Wildman–Crippen LogP) is 7.82. The highest BCUT2D eigenvalue weighted by Crippen LogP contribution is 2.49. The Morgan fingerprint density at radius 1 is 1.08 bits per heavy atom. The molecule has 37 heavy (non-hydrogen) atoms. The lowest BCUT2D eigenvalue weighted by Crippen LogP contribution is -2.40. The van der Waals surface area contributed by atoms with Crippen molar-refractivity contribution >= 4 is 17.6 Å². The fourth-order valence-electron chi connectivity index (χ4n) is 5.05. The second-order valence-electron chi connectivity index (χ2n) is 10.3. The van der Waals surface area contributed by atoms with Crippen molar-refractivity contribution in [2.75, 3.05) is 13.2 Å². The molecular weight excluding hydrogens is 488 g/mol. The molecule has 1 saturated heterocycles. The first kappa shape index (κ1) is 26.8. The summed E-state index contributed by atoms with van der Waals surface area (Å²) in [6.45, 7) is 12.5. The van der Waals surface area contributed by atoms with Crippen LogP contribution in [0.15, 0.2) is 72.8 Å². The van der Waals surface area contributed by atoms with E-state index in [-0.39, 0.29) is 17.4 Å². The monoisotopic (exact) mass is 520 g/mol. The molecule has 0 spiro atoms. The van der Waals surface area contributed by atoms with E-state index in [0.717, 1.165) is 40.0 Å². The van der Waals surface area contributed by atoms with Crippen molar-refractivity contribution < 1.29 is 24.1 Å². The van der Waals surface area contributed by atoms with Gasteiger partial charge >= 0.3 is 5.97 Å². The normalized spacial score (nSPS) is 21.3. The number of hydrogen-bond donors (Lipinski definition) is 1. The maximum atomic E-state index is 11.3. The number of halogens is 1. The summed E-state index contributed by atoms with van der Waals surface area (Å²) in [4.78, 5) is 11.3. The first-order valence-corrected chi connectivity index (χ1v) is 12.7. The third-order valence-electron chi connectivity index (χ3n) is 6.86. The van der Waals surface area contributed by atoms with Gasteiger partial charge in [0.25, 0.3) is 0 Å². The van der Waals surface area contributed by atoms with Crippen molar-refractivity contribution in [3.05, 3.63) is 100 Å². The second kappa shape index (κ2) is 11.0. The summed E-state index contributed by atoms with van der Waals surface area (Å²) in [6.07, 6.45) is 0.430. The Labute approximate surface area is 223 Å². The number of carbonyl (C=O) groups is 1. The number of aryl methyl sites for hydroxylation is 2. The van der Waals surface area contributed by atoms with Gasteiger partial charge in [-0.25, -0.2) is 4.79 Å². The van der Waals surface area contributed by atoms with Crippen LogP contribution < -0.4 is 9.47 Å². The van der Waals surface area contributed by atoms with Crippen LogP contribution in [0.1, 0.15) is 48.6 Å². The second-order valence-corrected chi connectivity index (χ2v) is 10.7. The van der Waals surface area contributed by atoms with Gasteiger partial charge in [0.2, 0.25) is 0 Å². The van der Waals surface area contributed by atoms with Crippen molar-refractivity contribution in [2.45, 2.75) is 45.6 Å². The molecule has 0 radical (unpaired) electrons. The number of rotatable bonds is 8. The van der Waals surface area contributed by atoms with Crippen LogP contribution in [-0.2, 0) is 14.9 Å². The molecule has 3 aromatic carbocycles. The van der Waals surface area contributed by atoms with E-state index in [1.165, 1.54) is 0 Å². The molecule has 0 amide bonds. The SMILES string of the molecule is C=C(C)[C@@H]1C[C@](C)(c2ccc(Cl)cc2)CO[C@H]1c1cc(Oc2cc(C)cc(C)c2)ccc1OCC(=O)O. The standard InChI is InChI=1S/C31H33ClO5/c1-19(2)27-16-31(5,22-6-8-23(32)9-7-22)18-36-30(27)26-15-24(10-11-28(26)35-17-29(33)34)37-25-13-20(3)12-21(4)14-25/h6-15,27,30H,1,16-18H2,2-5H3,(H,33,34)/t27-,30-,31-/m0/s1. The smallest absolute Gasteiger partial charge is 0.341 e. The van der Waals surface area contributed by atoms with Crippen LogP contribution >= 0.6 is 11.6 Å². The van der Waals surface area contributed by atoms with Crippen LogP contribution in [0, 0.1) is 19.8 Å². The van der Waals surface area contributed by atoms with Crippen LogP contribution in [0.4, 0.5) is 0 Å². The van der Waals surface area contributed by atoms with Gasteiger partial charge < -0.3 is 19.3 Å². The van der Waals surface area contributed by atoms with E-state index in [1.807, 2.05) is 63.2 Å². The Balaban J connectivity index is 1.69. The van der Waals surface area contributed by atoms with E-state index in [9.17, 15) is 9.90 Å². The summed E-state index contributed by atoms with van der Waals surface area (Å²) < 4.78 is 18.5. The van der Waals surface area contributed by atoms with Gasteiger partial charge in [-0.3, -0.25) is 0 Å². The van der Waals surface area contributed by atoms with E-state index < -0.39 is 12.6 Å². The molecule has 0 aromatic heterocycles. The Morgan fingerprint density at radius 2 is 1.76 bits per heavy atom. The van der Waals surface area contributed by atoms with Gasteiger partial charge in [-0.05, 0) is 86.3 Å². The number of carboxylic acids is 1. The lowest BCUT2D eigenvalue weighted by atomic mass is 9.70. The van der Waals surface area contributed by atoms with E-state index >= 15 is 0 Å². The molecule has 194 valence electrons. The third-order valence-corrected chi connectivity index (χ3v) is 7.11. The van der Waals surface area contributed by atoms with Crippen LogP contribution in [0.25, 0.3) is 0 Å². The largest absolute Gasteiger partial charge is 0.482 e. The molecule has 0 saturated carbocycles. The summed E-state index contributed by atoms with van der Waals surface area (Å²) in [7, 11) is 0. The van der Waals surface area contributed by atoms with Gasteiger partial charge in [-0.2, -0.15) is 0 Å². The maximum Gasteiger partial charge on any atom is 0.341 e. The Kier molecular flexibility index (Phi) is 7.96. The van der Waals surface area contributed by atoms with Crippen molar-refractivity contribution in [3.63, 3.8) is 0 Å². The number of ether oxygens (including phenoxy) is 3. The zero-order valence-electron chi connectivity index (χ0n) is 21.7. The fraction of sp³-hybridized carbons (Fsp3) is 0.323. The van der Waals surface area contributed by atoms with Gasteiger partial charge in [-0.1, -0.05) is 48.9 Å². The number of carboxylic acid groups (broad SMARTS) is 1. The van der Waals surface area contributed by atoms with Gasteiger partial charge in [0, 0.05) is 21.9 Å². The molecule has 3 aromatic rings. The Morgan fingerprint density at radius 3 is 2.38 bits per heavy atom. The molecule has 1 heterocycles. The minimum atomic E-state index is -1.04. The minimum absolute atomic E-state index is 0.0296. The number of aliphatic carboxylic acids is 1. The lowest BCUT2D eigenvalue weighted by molar-refractivity contribution is -0.139. The van der Waals surface area contributed by atoms with Crippen LogP contribution in [0.2, 0.25) is 5.02 Å². The quantitative estimate of drug-likeness (QED) is 0.307. The molecule has 6 heteroatoms. The Bertz CT molecular complexity index is 1280. The average Bonchev–Trinajstić information content (AvgIpc) is 2.83. The van der Waals surface area contributed by atoms with E-state index in [0.29, 0.717) is 23.1 Å². The zero-order chi connectivity index (χ0) is 26.7. The summed E-state index contributed by atoms with van der Waals surface area (Å²) in [5.74, 6) is 0.745. The first-order chi connectivity index (χ1) is 17.5.